The van der Waals surface area contributed by atoms with Crippen LogP contribution in [0, 0.1) is 0 Å². The van der Waals surface area contributed by atoms with Gasteiger partial charge in [-0.1, -0.05) is 34.1 Å². The lowest BCUT2D eigenvalue weighted by molar-refractivity contribution is 0.414. The van der Waals surface area contributed by atoms with Crippen molar-refractivity contribution in [2.75, 3.05) is 7.11 Å². The second-order valence-electron chi connectivity index (χ2n) is 3.39. The molecule has 4 nitrogen and oxygen atoms in total. The van der Waals surface area contributed by atoms with E-state index in [0.29, 0.717) is 0 Å². The quantitative estimate of drug-likeness (QED) is 0.667. The van der Waals surface area contributed by atoms with E-state index < -0.39 is 10.1 Å². The minimum atomic E-state index is -3.94. The minimum absolute atomic E-state index is 0.0116. The Bertz CT molecular complexity index is 554. The summed E-state index contributed by atoms with van der Waals surface area (Å²) in [7, 11) is -2.27. The van der Waals surface area contributed by atoms with Gasteiger partial charge in [0, 0.05) is 5.33 Å². The first kappa shape index (κ1) is 16.2. The minimum Gasteiger partial charge on any atom is -0.497 e. The van der Waals surface area contributed by atoms with Crippen LogP contribution in [0.25, 0.3) is 0 Å². The Kier molecular flexibility index (Phi) is 6.50. The molecule has 19 heavy (non-hydrogen) atoms. The van der Waals surface area contributed by atoms with E-state index in [-0.39, 0.29) is 4.21 Å². The summed E-state index contributed by atoms with van der Waals surface area (Å²) < 4.78 is 33.9. The number of thiophene rings is 1. The van der Waals surface area contributed by atoms with Crippen molar-refractivity contribution >= 4 is 37.4 Å². The monoisotopic (exact) mass is 364 g/mol. The Morgan fingerprint density at radius 1 is 1.26 bits per heavy atom. The lowest BCUT2D eigenvalue weighted by Gasteiger charge is -1.98. The van der Waals surface area contributed by atoms with E-state index in [1.807, 2.05) is 24.3 Å². The third-order valence-corrected chi connectivity index (χ3v) is 4.94. The molecule has 0 aliphatic rings. The zero-order valence-electron chi connectivity index (χ0n) is 10.1. The SMILES string of the molecule is COc1ccc(CBr)cc1.O=S(=O)(O)c1cccs1. The number of alkyl halides is 1. The molecule has 0 saturated carbocycles. The van der Waals surface area contributed by atoms with Gasteiger partial charge in [-0.15, -0.1) is 11.3 Å². The molecule has 0 bridgehead atoms. The van der Waals surface area contributed by atoms with Crippen LogP contribution in [0.2, 0.25) is 0 Å². The molecule has 0 unspecified atom stereocenters. The first-order chi connectivity index (χ1) is 8.97. The van der Waals surface area contributed by atoms with Crippen LogP contribution in [0.4, 0.5) is 0 Å². The average Bonchev–Trinajstić information content (AvgIpc) is 2.93. The van der Waals surface area contributed by atoms with E-state index in [1.54, 1.807) is 18.6 Å². The van der Waals surface area contributed by atoms with Gasteiger partial charge in [0.15, 0.2) is 0 Å². The largest absolute Gasteiger partial charge is 0.497 e. The third-order valence-electron chi connectivity index (χ3n) is 2.06. The summed E-state index contributed by atoms with van der Waals surface area (Å²) >= 11 is 4.36. The smallest absolute Gasteiger partial charge is 0.304 e. The van der Waals surface area contributed by atoms with Crippen molar-refractivity contribution in [3.63, 3.8) is 0 Å². The molecule has 0 aliphatic heterocycles. The van der Waals surface area contributed by atoms with Crippen molar-refractivity contribution in [2.45, 2.75) is 9.54 Å². The summed E-state index contributed by atoms with van der Waals surface area (Å²) in [5.74, 6) is 0.907. The van der Waals surface area contributed by atoms with Gasteiger partial charge in [-0.25, -0.2) is 0 Å². The normalized spacial score (nSPS) is 10.5. The summed E-state index contributed by atoms with van der Waals surface area (Å²) in [5.41, 5.74) is 1.26. The fourth-order valence-corrected chi connectivity index (χ4v) is 2.85. The van der Waals surface area contributed by atoms with E-state index in [9.17, 15) is 8.42 Å². The Morgan fingerprint density at radius 2 is 1.89 bits per heavy atom. The van der Waals surface area contributed by atoms with Gasteiger partial charge >= 0.3 is 10.1 Å². The zero-order chi connectivity index (χ0) is 14.3. The number of halogens is 1. The van der Waals surface area contributed by atoms with Crippen LogP contribution >= 0.6 is 27.3 Å². The summed E-state index contributed by atoms with van der Waals surface area (Å²) in [5, 5.41) is 2.49. The van der Waals surface area contributed by atoms with Gasteiger partial charge in [0.05, 0.1) is 7.11 Å². The second kappa shape index (κ2) is 7.64. The van der Waals surface area contributed by atoms with Crippen LogP contribution < -0.4 is 4.74 Å². The Balaban J connectivity index is 0.000000191. The fourth-order valence-electron chi connectivity index (χ4n) is 1.12. The molecular weight excluding hydrogens is 352 g/mol. The van der Waals surface area contributed by atoms with Gasteiger partial charge in [-0.05, 0) is 29.1 Å². The first-order valence-corrected chi connectivity index (χ1v) is 8.61. The van der Waals surface area contributed by atoms with Crippen molar-refractivity contribution in [2.24, 2.45) is 0 Å². The van der Waals surface area contributed by atoms with Crippen LogP contribution in [0.5, 0.6) is 5.75 Å². The molecule has 0 amide bonds. The molecule has 2 rings (SSSR count). The van der Waals surface area contributed by atoms with Gasteiger partial charge in [-0.2, -0.15) is 8.42 Å². The fraction of sp³-hybridized carbons (Fsp3) is 0.167. The molecule has 1 N–H and O–H groups in total. The number of rotatable bonds is 3. The predicted octanol–water partition coefficient (Wildman–Crippen LogP) is 3.58. The third kappa shape index (κ3) is 5.73. The van der Waals surface area contributed by atoms with Crippen LogP contribution in [0.3, 0.4) is 0 Å². The molecule has 0 aliphatic carbocycles. The van der Waals surface area contributed by atoms with Crippen LogP contribution in [0.15, 0.2) is 46.0 Å². The number of methoxy groups -OCH3 is 1. The zero-order valence-corrected chi connectivity index (χ0v) is 13.3. The maximum Gasteiger partial charge on any atom is 0.304 e. The first-order valence-electron chi connectivity index (χ1n) is 5.17. The van der Waals surface area contributed by atoms with Crippen LogP contribution in [0.1, 0.15) is 5.56 Å². The second-order valence-corrected chi connectivity index (χ2v) is 6.55. The molecule has 0 fully saturated rings. The van der Waals surface area contributed by atoms with Crippen LogP contribution in [-0.4, -0.2) is 20.1 Å². The molecule has 0 spiro atoms. The molecule has 104 valence electrons. The highest BCUT2D eigenvalue weighted by Gasteiger charge is 2.08. The molecule has 0 atom stereocenters. The molecule has 0 saturated heterocycles. The molecule has 1 aromatic carbocycles. The van der Waals surface area contributed by atoms with Crippen molar-refractivity contribution in [3.8, 4) is 5.75 Å². The van der Waals surface area contributed by atoms with E-state index in [1.165, 1.54) is 11.6 Å². The number of benzene rings is 1. The Labute approximate surface area is 124 Å². The van der Waals surface area contributed by atoms with Gasteiger partial charge in [0.2, 0.25) is 0 Å². The highest BCUT2D eigenvalue weighted by atomic mass is 79.9. The number of hydrogen-bond acceptors (Lipinski definition) is 4. The van der Waals surface area contributed by atoms with Crippen molar-refractivity contribution in [3.05, 3.63) is 47.3 Å². The van der Waals surface area contributed by atoms with E-state index >= 15 is 0 Å². The molecule has 0 radical (unpaired) electrons. The van der Waals surface area contributed by atoms with E-state index in [0.717, 1.165) is 22.4 Å². The molecular formula is C12H13BrO4S2. The summed E-state index contributed by atoms with van der Waals surface area (Å²) in [6.45, 7) is 0. The van der Waals surface area contributed by atoms with Crippen molar-refractivity contribution < 1.29 is 17.7 Å². The van der Waals surface area contributed by atoms with Gasteiger partial charge in [0.1, 0.15) is 9.96 Å². The lowest BCUT2D eigenvalue weighted by Crippen LogP contribution is -1.92. The molecule has 7 heteroatoms. The standard InChI is InChI=1S/C8H9BrO.C4H4O3S2/c1-10-8-4-2-7(6-9)3-5-8;5-9(6,7)4-2-1-3-8-4/h2-5H,6H2,1H3;1-3H,(H,5,6,7). The van der Waals surface area contributed by atoms with Gasteiger partial charge in [0.25, 0.3) is 0 Å². The Hall–Kier alpha value is -0.890. The Morgan fingerprint density at radius 3 is 2.21 bits per heavy atom. The number of ether oxygens (including phenoxy) is 1. The van der Waals surface area contributed by atoms with Crippen molar-refractivity contribution in [1.82, 2.24) is 0 Å². The average molecular weight is 365 g/mol. The highest BCUT2D eigenvalue weighted by molar-refractivity contribution is 9.08. The van der Waals surface area contributed by atoms with Gasteiger partial charge < -0.3 is 4.74 Å². The van der Waals surface area contributed by atoms with E-state index in [4.69, 9.17) is 9.29 Å². The van der Waals surface area contributed by atoms with Gasteiger partial charge in [-0.3, -0.25) is 4.55 Å². The molecule has 1 heterocycles. The highest BCUT2D eigenvalue weighted by Crippen LogP contribution is 2.14. The number of hydrogen-bond donors (Lipinski definition) is 1. The summed E-state index contributed by atoms with van der Waals surface area (Å²) in [6.07, 6.45) is 0. The maximum atomic E-state index is 10.3. The summed E-state index contributed by atoms with van der Waals surface area (Å²) in [6, 6.07) is 10.9. The molecule has 1 aromatic heterocycles. The van der Waals surface area contributed by atoms with Crippen LogP contribution in [-0.2, 0) is 15.4 Å². The maximum absolute atomic E-state index is 10.3. The van der Waals surface area contributed by atoms with E-state index in [2.05, 4.69) is 15.9 Å². The van der Waals surface area contributed by atoms with Crippen molar-refractivity contribution in [1.29, 1.82) is 0 Å². The summed E-state index contributed by atoms with van der Waals surface area (Å²) in [4.78, 5) is 0. The lowest BCUT2D eigenvalue weighted by atomic mass is 10.2. The molecule has 2 aromatic rings. The predicted molar refractivity (Wildman–Crippen MR) is 79.8 cm³/mol. The topological polar surface area (TPSA) is 63.6 Å².